The van der Waals surface area contributed by atoms with Crippen molar-refractivity contribution in [2.45, 2.75) is 6.43 Å². The predicted molar refractivity (Wildman–Crippen MR) is 113 cm³/mol. The van der Waals surface area contributed by atoms with Crippen LogP contribution >= 0.6 is 0 Å². The number of anilines is 1. The topological polar surface area (TPSA) is 125 Å². The number of nitrogens with two attached hydrogens (primary N) is 1. The third-order valence-electron chi connectivity index (χ3n) is 4.85. The second-order valence-corrected chi connectivity index (χ2v) is 6.75. The summed E-state index contributed by atoms with van der Waals surface area (Å²) in [4.78, 5) is 10.7. The minimum Gasteiger partial charge on any atom is -0.508 e. The molecule has 4 rings (SSSR count). The number of ether oxygens (including phenoxy) is 1. The maximum absolute atomic E-state index is 13.2. The van der Waals surface area contributed by atoms with E-state index in [4.69, 9.17) is 10.5 Å². The van der Waals surface area contributed by atoms with E-state index in [9.17, 15) is 18.6 Å². The lowest BCUT2D eigenvalue weighted by Crippen LogP contribution is -2.33. The van der Waals surface area contributed by atoms with Crippen molar-refractivity contribution in [2.24, 2.45) is 0 Å². The number of alkyl halides is 2. The van der Waals surface area contributed by atoms with E-state index in [1.807, 2.05) is 0 Å². The highest BCUT2D eigenvalue weighted by molar-refractivity contribution is 6.61. The van der Waals surface area contributed by atoms with Crippen LogP contribution in [0, 0.1) is 0 Å². The average Bonchev–Trinajstić information content (AvgIpc) is 3.28. The molecule has 0 radical (unpaired) electrons. The fraction of sp³-hybridized carbons (Fsp3) is 0.100. The van der Waals surface area contributed by atoms with Gasteiger partial charge in [0.1, 0.15) is 11.4 Å². The van der Waals surface area contributed by atoms with Gasteiger partial charge in [0.25, 0.3) is 12.9 Å². The quantitative estimate of drug-likeness (QED) is 0.330. The first-order valence-corrected chi connectivity index (χ1v) is 9.26. The number of carbonyl (C=O) groups excluding carboxylic acids is 1. The van der Waals surface area contributed by atoms with E-state index in [-0.39, 0.29) is 23.2 Å². The van der Waals surface area contributed by atoms with Gasteiger partial charge < -0.3 is 20.1 Å². The van der Waals surface area contributed by atoms with Crippen LogP contribution in [0.1, 0.15) is 12.0 Å². The molecule has 0 bridgehead atoms. The number of nitrogen functional groups attached to an aromatic ring is 1. The van der Waals surface area contributed by atoms with Crippen molar-refractivity contribution in [1.82, 2.24) is 20.0 Å². The van der Waals surface area contributed by atoms with Crippen LogP contribution in [-0.4, -0.2) is 45.7 Å². The van der Waals surface area contributed by atoms with E-state index in [2.05, 4.69) is 20.0 Å². The van der Waals surface area contributed by atoms with Gasteiger partial charge in [0, 0.05) is 22.6 Å². The van der Waals surface area contributed by atoms with E-state index in [1.54, 1.807) is 18.2 Å². The van der Waals surface area contributed by atoms with E-state index in [1.165, 1.54) is 36.3 Å². The lowest BCUT2D eigenvalue weighted by molar-refractivity contribution is -0.121. The average molecular weight is 439 g/mol. The number of fused-ring (bicyclic) bond motifs is 1. The van der Waals surface area contributed by atoms with E-state index in [0.29, 0.717) is 33.4 Å². The molecular weight excluding hydrogens is 423 g/mol. The maximum Gasteiger partial charge on any atom is 0.561 e. The summed E-state index contributed by atoms with van der Waals surface area (Å²) in [5, 5.41) is 22.9. The van der Waals surface area contributed by atoms with Crippen LogP contribution in [0.3, 0.4) is 0 Å². The molecule has 0 fully saturated rings. The van der Waals surface area contributed by atoms with Crippen LogP contribution < -0.4 is 15.9 Å². The Morgan fingerprint density at radius 2 is 2.06 bits per heavy atom. The van der Waals surface area contributed by atoms with Gasteiger partial charge in [-0.05, 0) is 23.8 Å². The third kappa shape index (κ3) is 3.83. The molecule has 0 atom stereocenters. The molecule has 0 aliphatic heterocycles. The molecule has 2 heterocycles. The van der Waals surface area contributed by atoms with Gasteiger partial charge in [0.2, 0.25) is 0 Å². The molecule has 0 saturated carbocycles. The largest absolute Gasteiger partial charge is 0.561 e. The summed E-state index contributed by atoms with van der Waals surface area (Å²) in [5.41, 5.74) is 8.18. The van der Waals surface area contributed by atoms with Crippen molar-refractivity contribution in [3.63, 3.8) is 0 Å². The van der Waals surface area contributed by atoms with Crippen molar-refractivity contribution in [1.29, 1.82) is 0 Å². The normalized spacial score (nSPS) is 11.0. The van der Waals surface area contributed by atoms with Gasteiger partial charge in [0.15, 0.2) is 0 Å². The standard InChI is InChI=1S/C20H16BF2N5O4/c1-31-18-6-13(21(30)32-10-29)5-15(19(18)28-9-12(7-26-28)20(22)23)11-2-3-14-16(24)8-25-27-17(14)4-11/h2-10,20,30H,1H3,(H2,24,27). The summed E-state index contributed by atoms with van der Waals surface area (Å²) in [5.74, 6) is 0.203. The highest BCUT2D eigenvalue weighted by Gasteiger charge is 2.25. The molecule has 12 heteroatoms. The van der Waals surface area contributed by atoms with E-state index < -0.39 is 13.5 Å². The summed E-state index contributed by atoms with van der Waals surface area (Å²) >= 11 is 0. The van der Waals surface area contributed by atoms with Gasteiger partial charge in [-0.3, -0.25) is 4.79 Å². The van der Waals surface area contributed by atoms with Gasteiger partial charge in [-0.1, -0.05) is 12.1 Å². The van der Waals surface area contributed by atoms with Gasteiger partial charge >= 0.3 is 7.12 Å². The van der Waals surface area contributed by atoms with Crippen molar-refractivity contribution in [3.05, 3.63) is 54.5 Å². The zero-order chi connectivity index (χ0) is 22.8. The van der Waals surface area contributed by atoms with Gasteiger partial charge in [-0.25, -0.2) is 13.5 Å². The van der Waals surface area contributed by atoms with Crippen LogP contribution in [0.25, 0.3) is 27.7 Å². The molecule has 2 aromatic heterocycles. The van der Waals surface area contributed by atoms with Crippen molar-refractivity contribution in [2.75, 3.05) is 12.8 Å². The highest BCUT2D eigenvalue weighted by atomic mass is 19.3. The number of benzene rings is 2. The van der Waals surface area contributed by atoms with Crippen molar-refractivity contribution >= 4 is 35.6 Å². The summed E-state index contributed by atoms with van der Waals surface area (Å²) in [7, 11) is -0.192. The van der Waals surface area contributed by atoms with Crippen LogP contribution in [-0.2, 0) is 9.45 Å². The number of hydrogen-bond acceptors (Lipinski definition) is 8. The second-order valence-electron chi connectivity index (χ2n) is 6.75. The number of methoxy groups -OCH3 is 1. The van der Waals surface area contributed by atoms with Crippen LogP contribution in [0.2, 0.25) is 0 Å². The zero-order valence-corrected chi connectivity index (χ0v) is 16.6. The molecule has 0 spiro atoms. The maximum atomic E-state index is 13.2. The van der Waals surface area contributed by atoms with Gasteiger partial charge in [0.05, 0.1) is 36.3 Å². The Morgan fingerprint density at radius 1 is 1.25 bits per heavy atom. The molecule has 9 nitrogen and oxygen atoms in total. The Balaban J connectivity index is 1.99. The molecule has 2 aromatic carbocycles. The Kier molecular flexibility index (Phi) is 5.69. The van der Waals surface area contributed by atoms with Gasteiger partial charge in [-0.2, -0.15) is 15.3 Å². The number of halogens is 2. The van der Waals surface area contributed by atoms with Crippen molar-refractivity contribution < 1.29 is 28.0 Å². The number of hydrogen-bond donors (Lipinski definition) is 2. The molecule has 32 heavy (non-hydrogen) atoms. The lowest BCUT2D eigenvalue weighted by Gasteiger charge is -2.17. The Bertz CT molecular complexity index is 1300. The molecule has 0 aliphatic carbocycles. The monoisotopic (exact) mass is 439 g/mol. The second kappa shape index (κ2) is 8.59. The zero-order valence-electron chi connectivity index (χ0n) is 16.6. The smallest absolute Gasteiger partial charge is 0.508 e. The fourth-order valence-corrected chi connectivity index (χ4v) is 3.34. The minimum atomic E-state index is -2.71. The van der Waals surface area contributed by atoms with Crippen LogP contribution in [0.15, 0.2) is 48.9 Å². The number of carbonyl (C=O) groups is 1. The first kappa shape index (κ1) is 21.2. The highest BCUT2D eigenvalue weighted by Crippen LogP contribution is 2.35. The molecule has 0 unspecified atom stereocenters. The predicted octanol–water partition coefficient (Wildman–Crippen LogP) is 1.87. The first-order valence-electron chi connectivity index (χ1n) is 9.26. The third-order valence-corrected chi connectivity index (χ3v) is 4.85. The fourth-order valence-electron chi connectivity index (χ4n) is 3.34. The molecule has 162 valence electrons. The first-order chi connectivity index (χ1) is 15.4. The SMILES string of the molecule is COc1cc(B(O)OC=O)cc(-c2ccc3c(N)cnnc3c2)c1-n1cc(C(F)F)cn1. The van der Waals surface area contributed by atoms with Crippen LogP contribution in [0.5, 0.6) is 5.75 Å². The lowest BCUT2D eigenvalue weighted by atomic mass is 9.77. The Labute approximate surface area is 180 Å². The molecule has 0 saturated heterocycles. The van der Waals surface area contributed by atoms with E-state index in [0.717, 1.165) is 6.20 Å². The summed E-state index contributed by atoms with van der Waals surface area (Å²) in [6.07, 6.45) is 0.959. The van der Waals surface area contributed by atoms with Crippen molar-refractivity contribution in [3.8, 4) is 22.6 Å². The minimum absolute atomic E-state index is 0.113. The summed E-state index contributed by atoms with van der Waals surface area (Å²) in [6, 6.07) is 8.15. The summed E-state index contributed by atoms with van der Waals surface area (Å²) < 4.78 is 37.7. The van der Waals surface area contributed by atoms with Crippen LogP contribution in [0.4, 0.5) is 14.5 Å². The number of aromatic nitrogens is 4. The number of nitrogens with zero attached hydrogens (tertiary/aromatic N) is 4. The van der Waals surface area contributed by atoms with Gasteiger partial charge in [-0.15, -0.1) is 0 Å². The molecule has 0 aliphatic rings. The number of rotatable bonds is 7. The molecular formula is C20H16BF2N5O4. The molecule has 0 amide bonds. The molecule has 3 N–H and O–H groups in total. The molecule has 4 aromatic rings. The Hall–Kier alpha value is -4.06. The Morgan fingerprint density at radius 3 is 2.75 bits per heavy atom. The summed E-state index contributed by atoms with van der Waals surface area (Å²) in [6.45, 7) is 0.113. The van der Waals surface area contributed by atoms with E-state index >= 15 is 0 Å².